The van der Waals surface area contributed by atoms with E-state index in [2.05, 4.69) is 26.0 Å². The molecule has 1 atom stereocenters. The second-order valence-electron chi connectivity index (χ2n) is 3.89. The first-order valence-electron chi connectivity index (χ1n) is 5.17. The van der Waals surface area contributed by atoms with Crippen LogP contribution in [0.25, 0.3) is 0 Å². The van der Waals surface area contributed by atoms with Gasteiger partial charge in [-0.05, 0) is 47.1 Å². The summed E-state index contributed by atoms with van der Waals surface area (Å²) in [4.78, 5) is -0.0508. The van der Waals surface area contributed by atoms with Crippen LogP contribution in [0.15, 0.2) is 27.6 Å². The predicted octanol–water partition coefficient (Wildman–Crippen LogP) is 1.65. The van der Waals surface area contributed by atoms with E-state index >= 15 is 0 Å². The minimum absolute atomic E-state index is 0. The smallest absolute Gasteiger partial charge is 0.240 e. The molecule has 102 valence electrons. The van der Waals surface area contributed by atoms with Gasteiger partial charge in [0.05, 0.1) is 9.37 Å². The van der Waals surface area contributed by atoms with Crippen LogP contribution in [0.4, 0.5) is 4.39 Å². The highest BCUT2D eigenvalue weighted by molar-refractivity contribution is 9.10. The number of rotatable bonds is 3. The molecule has 1 aromatic carbocycles. The SMILES string of the molecule is Cl.O=S(=O)(NC1CCNC1)c1ccc(Br)c(F)c1. The molecule has 0 saturated carbocycles. The van der Waals surface area contributed by atoms with Gasteiger partial charge in [0, 0.05) is 12.6 Å². The van der Waals surface area contributed by atoms with Gasteiger partial charge in [-0.1, -0.05) is 0 Å². The zero-order chi connectivity index (χ0) is 12.5. The van der Waals surface area contributed by atoms with Crippen molar-refractivity contribution in [1.82, 2.24) is 10.0 Å². The molecule has 2 N–H and O–H groups in total. The molecule has 1 fully saturated rings. The maximum Gasteiger partial charge on any atom is 0.240 e. The third-order valence-corrected chi connectivity index (χ3v) is 4.74. The molecule has 0 bridgehead atoms. The van der Waals surface area contributed by atoms with E-state index in [1.165, 1.54) is 12.1 Å². The summed E-state index contributed by atoms with van der Waals surface area (Å²) >= 11 is 2.98. The number of benzene rings is 1. The summed E-state index contributed by atoms with van der Waals surface area (Å²) in [6.45, 7) is 1.40. The highest BCUT2D eigenvalue weighted by Crippen LogP contribution is 2.19. The fourth-order valence-electron chi connectivity index (χ4n) is 1.69. The van der Waals surface area contributed by atoms with Crippen molar-refractivity contribution in [2.45, 2.75) is 17.4 Å². The van der Waals surface area contributed by atoms with Crippen molar-refractivity contribution in [3.05, 3.63) is 28.5 Å². The lowest BCUT2D eigenvalue weighted by atomic mass is 10.3. The van der Waals surface area contributed by atoms with Crippen molar-refractivity contribution in [3.8, 4) is 0 Å². The standard InChI is InChI=1S/C10H12BrFN2O2S.ClH/c11-9-2-1-8(5-10(9)12)17(15,16)14-7-3-4-13-6-7;/h1-2,5,7,13-14H,3-4,6H2;1H. The Morgan fingerprint density at radius 1 is 1.44 bits per heavy atom. The summed E-state index contributed by atoms with van der Waals surface area (Å²) in [5, 5.41) is 3.06. The molecule has 18 heavy (non-hydrogen) atoms. The third kappa shape index (κ3) is 3.64. The topological polar surface area (TPSA) is 58.2 Å². The van der Waals surface area contributed by atoms with Crippen molar-refractivity contribution in [2.24, 2.45) is 0 Å². The summed E-state index contributed by atoms with van der Waals surface area (Å²) < 4.78 is 39.9. The molecule has 1 aliphatic rings. The highest BCUT2D eigenvalue weighted by Gasteiger charge is 2.23. The zero-order valence-electron chi connectivity index (χ0n) is 9.32. The number of nitrogens with one attached hydrogen (secondary N) is 2. The molecule has 0 amide bonds. The molecule has 1 unspecified atom stereocenters. The Bertz CT molecular complexity index is 521. The van der Waals surface area contributed by atoms with Gasteiger partial charge in [0.15, 0.2) is 0 Å². The molecule has 0 spiro atoms. The lowest BCUT2D eigenvalue weighted by Crippen LogP contribution is -2.36. The van der Waals surface area contributed by atoms with Crippen molar-refractivity contribution >= 4 is 38.4 Å². The van der Waals surface area contributed by atoms with E-state index in [1.54, 1.807) is 0 Å². The van der Waals surface area contributed by atoms with Gasteiger partial charge >= 0.3 is 0 Å². The molecule has 0 aliphatic carbocycles. The Hall–Kier alpha value is -0.210. The summed E-state index contributed by atoms with van der Waals surface area (Å²) in [7, 11) is -3.63. The summed E-state index contributed by atoms with van der Waals surface area (Å²) in [5.41, 5.74) is 0. The van der Waals surface area contributed by atoms with E-state index in [-0.39, 0.29) is 27.8 Å². The Labute approximate surface area is 120 Å². The maximum atomic E-state index is 13.3. The van der Waals surface area contributed by atoms with Crippen molar-refractivity contribution in [1.29, 1.82) is 0 Å². The van der Waals surface area contributed by atoms with E-state index in [1.807, 2.05) is 0 Å². The number of hydrogen-bond donors (Lipinski definition) is 2. The van der Waals surface area contributed by atoms with Crippen LogP contribution in [0.5, 0.6) is 0 Å². The van der Waals surface area contributed by atoms with Crippen LogP contribution in [0.3, 0.4) is 0 Å². The minimum Gasteiger partial charge on any atom is -0.315 e. The van der Waals surface area contributed by atoms with Crippen LogP contribution in [-0.4, -0.2) is 27.5 Å². The molecule has 0 aromatic heterocycles. The highest BCUT2D eigenvalue weighted by atomic mass is 79.9. The Kier molecular flexibility index (Phi) is 5.54. The van der Waals surface area contributed by atoms with Crippen molar-refractivity contribution in [3.63, 3.8) is 0 Å². The van der Waals surface area contributed by atoms with Crippen LogP contribution in [0.2, 0.25) is 0 Å². The molecule has 0 radical (unpaired) electrons. The van der Waals surface area contributed by atoms with E-state index in [0.717, 1.165) is 19.0 Å². The molecular formula is C10H13BrClFN2O2S. The first kappa shape index (κ1) is 15.8. The van der Waals surface area contributed by atoms with E-state index < -0.39 is 15.8 Å². The Morgan fingerprint density at radius 3 is 2.72 bits per heavy atom. The lowest BCUT2D eigenvalue weighted by Gasteiger charge is -2.12. The Morgan fingerprint density at radius 2 is 2.17 bits per heavy atom. The van der Waals surface area contributed by atoms with Crippen LogP contribution in [0.1, 0.15) is 6.42 Å². The molecule has 1 heterocycles. The van der Waals surface area contributed by atoms with E-state index in [0.29, 0.717) is 6.54 Å². The minimum atomic E-state index is -3.63. The summed E-state index contributed by atoms with van der Waals surface area (Å²) in [6.07, 6.45) is 0.748. The van der Waals surface area contributed by atoms with Crippen molar-refractivity contribution in [2.75, 3.05) is 13.1 Å². The molecule has 8 heteroatoms. The average Bonchev–Trinajstić information content (AvgIpc) is 2.73. The molecule has 4 nitrogen and oxygen atoms in total. The van der Waals surface area contributed by atoms with Crippen molar-refractivity contribution < 1.29 is 12.8 Å². The molecule has 2 rings (SSSR count). The van der Waals surface area contributed by atoms with Crippen LogP contribution < -0.4 is 10.0 Å². The van der Waals surface area contributed by atoms with Gasteiger partial charge < -0.3 is 5.32 Å². The second-order valence-corrected chi connectivity index (χ2v) is 6.46. The lowest BCUT2D eigenvalue weighted by molar-refractivity contribution is 0.557. The number of sulfonamides is 1. The quantitative estimate of drug-likeness (QED) is 0.863. The van der Waals surface area contributed by atoms with Crippen LogP contribution >= 0.6 is 28.3 Å². The van der Waals surface area contributed by atoms with Gasteiger partial charge in [-0.25, -0.2) is 17.5 Å². The number of halogens is 3. The van der Waals surface area contributed by atoms with E-state index in [9.17, 15) is 12.8 Å². The number of hydrogen-bond acceptors (Lipinski definition) is 3. The zero-order valence-corrected chi connectivity index (χ0v) is 12.5. The molecular weight excluding hydrogens is 347 g/mol. The first-order valence-corrected chi connectivity index (χ1v) is 7.45. The molecule has 1 aromatic rings. The third-order valence-electron chi connectivity index (χ3n) is 2.58. The monoisotopic (exact) mass is 358 g/mol. The van der Waals surface area contributed by atoms with E-state index in [4.69, 9.17) is 0 Å². The fraction of sp³-hybridized carbons (Fsp3) is 0.400. The van der Waals surface area contributed by atoms with Gasteiger partial charge in [-0.15, -0.1) is 12.4 Å². The summed E-state index contributed by atoms with van der Waals surface area (Å²) in [5.74, 6) is -0.586. The molecule has 1 aliphatic heterocycles. The average molecular weight is 360 g/mol. The van der Waals surface area contributed by atoms with Crippen LogP contribution in [0, 0.1) is 5.82 Å². The Balaban J connectivity index is 0.00000162. The van der Waals surface area contributed by atoms with Gasteiger partial charge in [0.1, 0.15) is 5.82 Å². The largest absolute Gasteiger partial charge is 0.315 e. The maximum absolute atomic E-state index is 13.3. The van der Waals surface area contributed by atoms with Gasteiger partial charge in [0.2, 0.25) is 10.0 Å². The van der Waals surface area contributed by atoms with Crippen LogP contribution in [-0.2, 0) is 10.0 Å². The fourth-order valence-corrected chi connectivity index (χ4v) is 3.22. The second kappa shape index (κ2) is 6.29. The summed E-state index contributed by atoms with van der Waals surface area (Å²) in [6, 6.07) is 3.65. The van der Waals surface area contributed by atoms with Gasteiger partial charge in [-0.3, -0.25) is 0 Å². The predicted molar refractivity (Wildman–Crippen MR) is 72.9 cm³/mol. The van der Waals surface area contributed by atoms with Gasteiger partial charge in [0.25, 0.3) is 0 Å². The van der Waals surface area contributed by atoms with Gasteiger partial charge in [-0.2, -0.15) is 0 Å². The normalized spacial score (nSPS) is 19.6. The molecule has 1 saturated heterocycles. The first-order chi connectivity index (χ1) is 7.99.